The lowest BCUT2D eigenvalue weighted by Crippen LogP contribution is -2.31. The van der Waals surface area contributed by atoms with Crippen molar-refractivity contribution in [3.8, 4) is 0 Å². The zero-order chi connectivity index (χ0) is 12.6. The van der Waals surface area contributed by atoms with E-state index in [1.54, 1.807) is 18.5 Å². The molecule has 1 unspecified atom stereocenters. The quantitative estimate of drug-likeness (QED) is 0.818. The highest BCUT2D eigenvalue weighted by molar-refractivity contribution is 7.89. The average molecular weight is 278 g/mol. The summed E-state index contributed by atoms with van der Waals surface area (Å²) in [6, 6.07) is 0. The van der Waals surface area contributed by atoms with Crippen molar-refractivity contribution in [2.45, 2.75) is 30.2 Å². The largest absolute Gasteiger partial charge is 0.337 e. The summed E-state index contributed by atoms with van der Waals surface area (Å²) < 4.78 is 28.0. The fourth-order valence-electron chi connectivity index (χ4n) is 1.54. The molecule has 5 nitrogen and oxygen atoms in total. The van der Waals surface area contributed by atoms with Gasteiger partial charge in [0.1, 0.15) is 5.82 Å². The van der Waals surface area contributed by atoms with E-state index in [4.69, 9.17) is 11.6 Å². The predicted octanol–water partition coefficient (Wildman–Crippen LogP) is 1.02. The van der Waals surface area contributed by atoms with Crippen molar-refractivity contribution < 1.29 is 8.42 Å². The Labute approximate surface area is 106 Å². The monoisotopic (exact) mass is 277 g/mol. The Morgan fingerprint density at radius 1 is 1.65 bits per heavy atom. The summed E-state index contributed by atoms with van der Waals surface area (Å²) in [6.45, 7) is 2.03. The van der Waals surface area contributed by atoms with Crippen LogP contribution in [0.5, 0.6) is 0 Å². The Morgan fingerprint density at radius 3 is 2.76 bits per heavy atom. The maximum atomic E-state index is 11.9. The molecule has 7 heteroatoms. The van der Waals surface area contributed by atoms with E-state index < -0.39 is 10.0 Å². The highest BCUT2D eigenvalue weighted by atomic mass is 35.5. The van der Waals surface area contributed by atoms with Gasteiger partial charge < -0.3 is 4.57 Å². The topological polar surface area (TPSA) is 64.0 Å². The van der Waals surface area contributed by atoms with Crippen molar-refractivity contribution in [2.75, 3.05) is 6.54 Å². The number of aromatic nitrogens is 2. The summed E-state index contributed by atoms with van der Waals surface area (Å²) in [5.41, 5.74) is 0. The van der Waals surface area contributed by atoms with Gasteiger partial charge in [-0.1, -0.05) is 0 Å². The molecule has 1 N–H and O–H groups in total. The predicted molar refractivity (Wildman–Crippen MR) is 65.5 cm³/mol. The Hall–Kier alpha value is -0.590. The number of hydrogen-bond donors (Lipinski definition) is 1. The first-order chi connectivity index (χ1) is 7.90. The minimum atomic E-state index is -3.53. The number of aryl methyl sites for hydroxylation is 2. The molecule has 0 saturated heterocycles. The molecule has 0 radical (unpaired) electrons. The molecule has 1 aromatic rings. The molecule has 17 heavy (non-hydrogen) atoms. The Morgan fingerprint density at radius 2 is 2.29 bits per heavy atom. The lowest BCUT2D eigenvalue weighted by atomic mass is 10.3. The highest BCUT2D eigenvalue weighted by Crippen LogP contribution is 2.35. The van der Waals surface area contributed by atoms with E-state index in [2.05, 4.69) is 9.71 Å². The number of halogens is 1. The van der Waals surface area contributed by atoms with Crippen LogP contribution >= 0.6 is 11.6 Å². The van der Waals surface area contributed by atoms with Gasteiger partial charge in [0.05, 0.1) is 0 Å². The van der Waals surface area contributed by atoms with E-state index in [9.17, 15) is 8.42 Å². The van der Waals surface area contributed by atoms with Crippen molar-refractivity contribution in [1.82, 2.24) is 14.3 Å². The van der Waals surface area contributed by atoms with Crippen molar-refractivity contribution in [2.24, 2.45) is 13.0 Å². The normalized spacial score (nSPS) is 18.3. The molecule has 0 amide bonds. The first-order valence-corrected chi connectivity index (χ1v) is 7.46. The second kappa shape index (κ2) is 4.59. The summed E-state index contributed by atoms with van der Waals surface area (Å²) in [5.74, 6) is 1.12. The van der Waals surface area contributed by atoms with Crippen molar-refractivity contribution in [1.29, 1.82) is 0 Å². The standard InChI is InChI=1S/C10H16ClN3O2S/c1-7-13-10(6-14(7)2)17(15,16)12-5-9(11)8-3-4-8/h6,8-9,12H,3-5H2,1-2H3. The second-order valence-corrected chi connectivity index (χ2v) is 6.72. The van der Waals surface area contributed by atoms with Crippen LogP contribution in [0.1, 0.15) is 18.7 Å². The van der Waals surface area contributed by atoms with Crippen molar-refractivity contribution in [3.63, 3.8) is 0 Å². The molecule has 1 heterocycles. The van der Waals surface area contributed by atoms with Gasteiger partial charge in [0, 0.05) is 25.2 Å². The zero-order valence-electron chi connectivity index (χ0n) is 9.85. The zero-order valence-corrected chi connectivity index (χ0v) is 11.4. The van der Waals surface area contributed by atoms with Gasteiger partial charge in [-0.15, -0.1) is 11.6 Å². The lowest BCUT2D eigenvalue weighted by molar-refractivity contribution is 0.573. The van der Waals surface area contributed by atoms with Crippen molar-refractivity contribution >= 4 is 21.6 Å². The lowest BCUT2D eigenvalue weighted by Gasteiger charge is -2.08. The van der Waals surface area contributed by atoms with Gasteiger partial charge in [0.2, 0.25) is 0 Å². The number of rotatable bonds is 5. The van der Waals surface area contributed by atoms with Crippen LogP contribution < -0.4 is 4.72 Å². The molecule has 1 aliphatic carbocycles. The number of nitrogens with zero attached hydrogens (tertiary/aromatic N) is 2. The summed E-state index contributed by atoms with van der Waals surface area (Å²) >= 11 is 6.06. The van der Waals surface area contributed by atoms with Crippen LogP contribution in [0.15, 0.2) is 11.2 Å². The molecule has 1 atom stereocenters. The Bertz CT molecular complexity index is 488. The first kappa shape index (κ1) is 12.9. The molecule has 1 aliphatic rings. The fraction of sp³-hybridized carbons (Fsp3) is 0.700. The molecule has 1 fully saturated rings. The molecule has 0 aliphatic heterocycles. The Kier molecular flexibility index (Phi) is 3.47. The third-order valence-corrected chi connectivity index (χ3v) is 4.77. The minimum absolute atomic E-state index is 0.0529. The van der Waals surface area contributed by atoms with E-state index in [-0.39, 0.29) is 16.9 Å². The molecule has 1 aromatic heterocycles. The van der Waals surface area contributed by atoms with E-state index in [1.165, 1.54) is 6.20 Å². The number of alkyl halides is 1. The van der Waals surface area contributed by atoms with E-state index >= 15 is 0 Å². The molecule has 0 spiro atoms. The molecule has 1 saturated carbocycles. The van der Waals surface area contributed by atoms with Crippen LogP contribution in [-0.4, -0.2) is 29.9 Å². The molecule has 0 aromatic carbocycles. The molecular weight excluding hydrogens is 262 g/mol. The van der Waals surface area contributed by atoms with Crippen LogP contribution in [0.3, 0.4) is 0 Å². The first-order valence-electron chi connectivity index (χ1n) is 5.54. The number of sulfonamides is 1. The van der Waals surface area contributed by atoms with Crippen LogP contribution in [0.4, 0.5) is 0 Å². The third kappa shape index (κ3) is 3.00. The number of nitrogens with one attached hydrogen (secondary N) is 1. The van der Waals surface area contributed by atoms with Crippen LogP contribution in [0.25, 0.3) is 0 Å². The van der Waals surface area contributed by atoms with Gasteiger partial charge in [-0.3, -0.25) is 0 Å². The number of imidazole rings is 1. The maximum absolute atomic E-state index is 11.9. The van der Waals surface area contributed by atoms with E-state index in [1.807, 2.05) is 0 Å². The molecule has 0 bridgehead atoms. The molecule has 96 valence electrons. The van der Waals surface area contributed by atoms with Gasteiger partial charge in [-0.2, -0.15) is 0 Å². The number of hydrogen-bond acceptors (Lipinski definition) is 3. The molecule has 2 rings (SSSR count). The second-order valence-electron chi connectivity index (χ2n) is 4.44. The smallest absolute Gasteiger partial charge is 0.259 e. The fourth-order valence-corrected chi connectivity index (χ4v) is 3.06. The molecular formula is C10H16ClN3O2S. The highest BCUT2D eigenvalue weighted by Gasteiger charge is 2.31. The maximum Gasteiger partial charge on any atom is 0.259 e. The van der Waals surface area contributed by atoms with Crippen LogP contribution in [-0.2, 0) is 17.1 Å². The average Bonchev–Trinajstić information content (AvgIpc) is 3.04. The van der Waals surface area contributed by atoms with E-state index in [0.29, 0.717) is 11.7 Å². The van der Waals surface area contributed by atoms with Gasteiger partial charge in [0.25, 0.3) is 10.0 Å². The minimum Gasteiger partial charge on any atom is -0.337 e. The van der Waals surface area contributed by atoms with Crippen LogP contribution in [0.2, 0.25) is 0 Å². The van der Waals surface area contributed by atoms with Crippen LogP contribution in [0, 0.1) is 12.8 Å². The summed E-state index contributed by atoms with van der Waals surface area (Å²) in [7, 11) is -1.77. The Balaban J connectivity index is 2.02. The third-order valence-electron chi connectivity index (χ3n) is 2.96. The van der Waals surface area contributed by atoms with Gasteiger partial charge in [-0.25, -0.2) is 18.1 Å². The van der Waals surface area contributed by atoms with Gasteiger partial charge in [0.15, 0.2) is 5.03 Å². The summed E-state index contributed by atoms with van der Waals surface area (Å²) in [4.78, 5) is 3.99. The SMILES string of the molecule is Cc1nc(S(=O)(=O)NCC(Cl)C2CC2)cn1C. The van der Waals surface area contributed by atoms with E-state index in [0.717, 1.165) is 12.8 Å². The van der Waals surface area contributed by atoms with Gasteiger partial charge in [-0.05, 0) is 25.7 Å². The van der Waals surface area contributed by atoms with Crippen molar-refractivity contribution in [3.05, 3.63) is 12.0 Å². The van der Waals surface area contributed by atoms with Gasteiger partial charge >= 0.3 is 0 Å². The summed E-state index contributed by atoms with van der Waals surface area (Å²) in [6.07, 6.45) is 3.69. The summed E-state index contributed by atoms with van der Waals surface area (Å²) in [5, 5.41) is -0.0632.